The van der Waals surface area contributed by atoms with Gasteiger partial charge in [0.2, 0.25) is 0 Å². The van der Waals surface area contributed by atoms with Crippen LogP contribution in [0.3, 0.4) is 0 Å². The van der Waals surface area contributed by atoms with Crippen LogP contribution in [-0.2, 0) is 0 Å². The van der Waals surface area contributed by atoms with Crippen molar-refractivity contribution >= 4 is 5.82 Å². The van der Waals surface area contributed by atoms with Crippen molar-refractivity contribution in [2.24, 2.45) is 0 Å². The first kappa shape index (κ1) is 7.96. The van der Waals surface area contributed by atoms with Crippen molar-refractivity contribution in [3.05, 3.63) is 16.8 Å². The Morgan fingerprint density at radius 1 is 1.25 bits per heavy atom. The Bertz CT molecular complexity index is 363. The topological polar surface area (TPSA) is 105 Å². The van der Waals surface area contributed by atoms with Crippen LogP contribution in [0.1, 0.15) is 16.8 Å². The summed E-state index contributed by atoms with van der Waals surface area (Å²) in [5.74, 6) is 5.58. The SMILES string of the molecule is Cc1c(C#N)c(C#N)c(N)n1N. The summed E-state index contributed by atoms with van der Waals surface area (Å²) < 4.78 is 1.14. The normalized spacial score (nSPS) is 8.92. The quantitative estimate of drug-likeness (QED) is 0.515. The standard InChI is InChI=1S/C7H7N5/c1-4-5(2-8)6(3-9)7(10)12(4)11/h10-11H2,1H3. The number of rotatable bonds is 0. The third kappa shape index (κ3) is 0.774. The van der Waals surface area contributed by atoms with Crippen molar-refractivity contribution in [1.29, 1.82) is 10.5 Å². The van der Waals surface area contributed by atoms with Crippen LogP contribution in [0.4, 0.5) is 5.82 Å². The second kappa shape index (κ2) is 2.48. The van der Waals surface area contributed by atoms with Crippen molar-refractivity contribution in [3.8, 4) is 12.1 Å². The molecule has 0 saturated heterocycles. The van der Waals surface area contributed by atoms with Gasteiger partial charge in [-0.25, -0.2) is 4.68 Å². The number of nitriles is 2. The molecular formula is C7H7N5. The summed E-state index contributed by atoms with van der Waals surface area (Å²) in [6.07, 6.45) is 0. The van der Waals surface area contributed by atoms with Gasteiger partial charge in [-0.3, -0.25) is 0 Å². The van der Waals surface area contributed by atoms with E-state index in [4.69, 9.17) is 22.1 Å². The van der Waals surface area contributed by atoms with E-state index < -0.39 is 0 Å². The van der Waals surface area contributed by atoms with Crippen molar-refractivity contribution < 1.29 is 0 Å². The van der Waals surface area contributed by atoms with Gasteiger partial charge in [-0.05, 0) is 6.92 Å². The fourth-order valence-corrected chi connectivity index (χ4v) is 0.981. The molecule has 5 nitrogen and oxygen atoms in total. The maximum Gasteiger partial charge on any atom is 0.141 e. The van der Waals surface area contributed by atoms with Crippen LogP contribution in [0.15, 0.2) is 0 Å². The molecule has 4 N–H and O–H groups in total. The molecular weight excluding hydrogens is 154 g/mol. The molecule has 1 aromatic rings. The smallest absolute Gasteiger partial charge is 0.141 e. The molecule has 0 bridgehead atoms. The van der Waals surface area contributed by atoms with Gasteiger partial charge in [0, 0.05) is 0 Å². The first-order chi connectivity index (χ1) is 5.63. The number of nitrogens with zero attached hydrogens (tertiary/aromatic N) is 3. The second-order valence-electron chi connectivity index (χ2n) is 2.31. The van der Waals surface area contributed by atoms with Gasteiger partial charge in [0.25, 0.3) is 0 Å². The number of nitrogens with two attached hydrogens (primary N) is 2. The Labute approximate surface area is 69.4 Å². The van der Waals surface area contributed by atoms with Crippen LogP contribution < -0.4 is 11.6 Å². The van der Waals surface area contributed by atoms with Gasteiger partial charge in [0.1, 0.15) is 23.5 Å². The van der Waals surface area contributed by atoms with Crippen molar-refractivity contribution in [2.45, 2.75) is 6.92 Å². The van der Waals surface area contributed by atoms with E-state index in [-0.39, 0.29) is 16.9 Å². The van der Waals surface area contributed by atoms with Gasteiger partial charge in [-0.15, -0.1) is 0 Å². The first-order valence-corrected chi connectivity index (χ1v) is 3.19. The Hall–Kier alpha value is -2.14. The molecule has 12 heavy (non-hydrogen) atoms. The zero-order valence-corrected chi connectivity index (χ0v) is 6.50. The molecule has 0 fully saturated rings. The molecule has 0 amide bonds. The Balaban J connectivity index is 3.61. The van der Waals surface area contributed by atoms with Gasteiger partial charge in [0.05, 0.1) is 11.3 Å². The Morgan fingerprint density at radius 3 is 2.08 bits per heavy atom. The molecule has 0 aromatic carbocycles. The lowest BCUT2D eigenvalue weighted by molar-refractivity contribution is 0.970. The van der Waals surface area contributed by atoms with Gasteiger partial charge >= 0.3 is 0 Å². The van der Waals surface area contributed by atoms with Crippen molar-refractivity contribution in [2.75, 3.05) is 11.6 Å². The maximum atomic E-state index is 8.64. The lowest BCUT2D eigenvalue weighted by Crippen LogP contribution is -2.13. The molecule has 60 valence electrons. The monoisotopic (exact) mass is 161 g/mol. The van der Waals surface area contributed by atoms with E-state index >= 15 is 0 Å². The minimum absolute atomic E-state index is 0.131. The number of nitrogen functional groups attached to an aromatic ring is 2. The fourth-order valence-electron chi connectivity index (χ4n) is 0.981. The molecule has 0 aliphatic rings. The predicted octanol–water partition coefficient (Wildman–Crippen LogP) is -0.164. The van der Waals surface area contributed by atoms with Crippen molar-refractivity contribution in [3.63, 3.8) is 0 Å². The van der Waals surface area contributed by atoms with Crippen LogP contribution in [0.5, 0.6) is 0 Å². The van der Waals surface area contributed by atoms with Crippen LogP contribution in [0.25, 0.3) is 0 Å². The van der Waals surface area contributed by atoms with Crippen LogP contribution in [0, 0.1) is 29.6 Å². The fraction of sp³-hybridized carbons (Fsp3) is 0.143. The molecule has 0 aliphatic carbocycles. The second-order valence-corrected chi connectivity index (χ2v) is 2.31. The highest BCUT2D eigenvalue weighted by Gasteiger charge is 2.15. The van der Waals surface area contributed by atoms with E-state index in [1.165, 1.54) is 0 Å². The van der Waals surface area contributed by atoms with Crippen LogP contribution >= 0.6 is 0 Å². The van der Waals surface area contributed by atoms with E-state index in [1.807, 2.05) is 12.1 Å². The highest BCUT2D eigenvalue weighted by Crippen LogP contribution is 2.20. The summed E-state index contributed by atoms with van der Waals surface area (Å²) in [6.45, 7) is 1.63. The molecule has 1 aromatic heterocycles. The molecule has 0 atom stereocenters. The van der Waals surface area contributed by atoms with E-state index in [1.54, 1.807) is 6.92 Å². The zero-order chi connectivity index (χ0) is 9.30. The lowest BCUT2D eigenvalue weighted by Gasteiger charge is -1.96. The number of aromatic nitrogens is 1. The molecule has 0 unspecified atom stereocenters. The van der Waals surface area contributed by atoms with Gasteiger partial charge in [-0.2, -0.15) is 10.5 Å². The minimum atomic E-state index is 0.131. The van der Waals surface area contributed by atoms with E-state index in [9.17, 15) is 0 Å². The highest BCUT2D eigenvalue weighted by molar-refractivity contribution is 5.62. The third-order valence-electron chi connectivity index (χ3n) is 1.71. The highest BCUT2D eigenvalue weighted by atomic mass is 15.3. The molecule has 1 rings (SSSR count). The average Bonchev–Trinajstić information content (AvgIpc) is 2.29. The van der Waals surface area contributed by atoms with E-state index in [0.717, 1.165) is 4.68 Å². The van der Waals surface area contributed by atoms with E-state index in [0.29, 0.717) is 5.69 Å². The summed E-state index contributed by atoms with van der Waals surface area (Å²) in [5.41, 5.74) is 6.36. The van der Waals surface area contributed by atoms with Crippen LogP contribution in [0.2, 0.25) is 0 Å². The molecule has 0 radical (unpaired) electrons. The third-order valence-corrected chi connectivity index (χ3v) is 1.71. The Kier molecular flexibility index (Phi) is 1.64. The number of hydrogen-bond donors (Lipinski definition) is 2. The summed E-state index contributed by atoms with van der Waals surface area (Å²) in [4.78, 5) is 0. The zero-order valence-electron chi connectivity index (χ0n) is 6.50. The summed E-state index contributed by atoms with van der Waals surface area (Å²) in [6, 6.07) is 3.70. The molecule has 0 aliphatic heterocycles. The molecule has 0 saturated carbocycles. The average molecular weight is 161 g/mol. The summed E-state index contributed by atoms with van der Waals surface area (Å²) >= 11 is 0. The summed E-state index contributed by atoms with van der Waals surface area (Å²) in [7, 11) is 0. The predicted molar refractivity (Wildman–Crippen MR) is 43.2 cm³/mol. The van der Waals surface area contributed by atoms with E-state index in [2.05, 4.69) is 0 Å². The van der Waals surface area contributed by atoms with Crippen molar-refractivity contribution in [1.82, 2.24) is 4.68 Å². The molecule has 5 heteroatoms. The van der Waals surface area contributed by atoms with Gasteiger partial charge in [0.15, 0.2) is 0 Å². The minimum Gasteiger partial charge on any atom is -0.383 e. The lowest BCUT2D eigenvalue weighted by atomic mass is 10.2. The largest absolute Gasteiger partial charge is 0.383 e. The number of hydrogen-bond acceptors (Lipinski definition) is 4. The molecule has 0 spiro atoms. The van der Waals surface area contributed by atoms with Crippen LogP contribution in [-0.4, -0.2) is 4.68 Å². The molecule has 1 heterocycles. The van der Waals surface area contributed by atoms with Gasteiger partial charge < -0.3 is 11.6 Å². The number of anilines is 1. The first-order valence-electron chi connectivity index (χ1n) is 3.19. The van der Waals surface area contributed by atoms with Gasteiger partial charge in [-0.1, -0.05) is 0 Å². The maximum absolute atomic E-state index is 8.64. The summed E-state index contributed by atoms with van der Waals surface area (Å²) in [5, 5.41) is 17.3. The Morgan fingerprint density at radius 2 is 1.75 bits per heavy atom.